The third kappa shape index (κ3) is 3.49. The highest BCUT2D eigenvalue weighted by Crippen LogP contribution is 2.38. The number of rotatable bonds is 5. The lowest BCUT2D eigenvalue weighted by Gasteiger charge is -2.18. The number of nitrogens with zero attached hydrogens (tertiary/aromatic N) is 1. The zero-order valence-corrected chi connectivity index (χ0v) is 15.7. The number of carbonyl (C=O) groups excluding carboxylic acids is 2. The molecule has 2 amide bonds. The Kier molecular flexibility index (Phi) is 5.48. The summed E-state index contributed by atoms with van der Waals surface area (Å²) in [7, 11) is 4.59. The number of methoxy groups -OCH3 is 2. The van der Waals surface area contributed by atoms with Crippen molar-refractivity contribution >= 4 is 17.5 Å². The Morgan fingerprint density at radius 1 is 1.14 bits per heavy atom. The van der Waals surface area contributed by atoms with Crippen molar-refractivity contribution in [2.45, 2.75) is 5.92 Å². The average molecular weight is 390 g/mol. The van der Waals surface area contributed by atoms with Gasteiger partial charge in [-0.25, -0.2) is 8.78 Å². The van der Waals surface area contributed by atoms with Gasteiger partial charge in [0.15, 0.2) is 23.1 Å². The van der Waals surface area contributed by atoms with Crippen LogP contribution in [0.3, 0.4) is 0 Å². The molecule has 0 radical (unpaired) electrons. The van der Waals surface area contributed by atoms with Crippen LogP contribution < -0.4 is 14.8 Å². The van der Waals surface area contributed by atoms with Crippen molar-refractivity contribution in [3.05, 3.63) is 53.6 Å². The van der Waals surface area contributed by atoms with Gasteiger partial charge in [0, 0.05) is 19.5 Å². The molecule has 1 aliphatic rings. The maximum Gasteiger partial charge on any atom is 0.237 e. The quantitative estimate of drug-likeness (QED) is 0.798. The van der Waals surface area contributed by atoms with Gasteiger partial charge in [0.05, 0.1) is 19.9 Å². The number of likely N-dealkylation sites (tertiary alicyclic amines) is 1. The van der Waals surface area contributed by atoms with Gasteiger partial charge >= 0.3 is 0 Å². The summed E-state index contributed by atoms with van der Waals surface area (Å²) in [6.07, 6.45) is 0. The predicted octanol–water partition coefficient (Wildman–Crippen LogP) is 2.79. The van der Waals surface area contributed by atoms with Crippen LogP contribution in [0.15, 0.2) is 36.4 Å². The first-order valence-corrected chi connectivity index (χ1v) is 8.59. The van der Waals surface area contributed by atoms with E-state index in [1.54, 1.807) is 25.2 Å². The summed E-state index contributed by atoms with van der Waals surface area (Å²) in [5.41, 5.74) is 0.397. The van der Waals surface area contributed by atoms with E-state index in [2.05, 4.69) is 5.32 Å². The van der Waals surface area contributed by atoms with Crippen molar-refractivity contribution in [3.8, 4) is 11.5 Å². The van der Waals surface area contributed by atoms with Crippen molar-refractivity contribution in [3.63, 3.8) is 0 Å². The molecular weight excluding hydrogens is 370 g/mol. The number of carbonyl (C=O) groups is 2. The molecule has 0 aliphatic carbocycles. The number of halogens is 2. The maximum atomic E-state index is 13.9. The first-order valence-electron chi connectivity index (χ1n) is 8.59. The van der Waals surface area contributed by atoms with Gasteiger partial charge in [-0.3, -0.25) is 9.59 Å². The summed E-state index contributed by atoms with van der Waals surface area (Å²) in [5.74, 6) is -3.90. The van der Waals surface area contributed by atoms with E-state index in [9.17, 15) is 18.4 Å². The average Bonchev–Trinajstić information content (AvgIpc) is 2.99. The van der Waals surface area contributed by atoms with Crippen LogP contribution in [0, 0.1) is 17.6 Å². The van der Waals surface area contributed by atoms with Crippen LogP contribution in [0.1, 0.15) is 11.5 Å². The molecule has 0 aromatic heterocycles. The van der Waals surface area contributed by atoms with Gasteiger partial charge in [-0.15, -0.1) is 0 Å². The van der Waals surface area contributed by atoms with E-state index in [0.29, 0.717) is 23.6 Å². The van der Waals surface area contributed by atoms with Crippen molar-refractivity contribution in [2.75, 3.05) is 33.1 Å². The number of ether oxygens (including phenoxy) is 2. The van der Waals surface area contributed by atoms with Gasteiger partial charge in [-0.1, -0.05) is 12.1 Å². The second-order valence-electron chi connectivity index (χ2n) is 6.51. The highest BCUT2D eigenvalue weighted by atomic mass is 19.2. The largest absolute Gasteiger partial charge is 0.493 e. The van der Waals surface area contributed by atoms with Crippen LogP contribution in [0.4, 0.5) is 14.5 Å². The lowest BCUT2D eigenvalue weighted by atomic mass is 9.87. The minimum absolute atomic E-state index is 0.304. The third-order valence-corrected chi connectivity index (χ3v) is 4.84. The third-order valence-electron chi connectivity index (χ3n) is 4.84. The van der Waals surface area contributed by atoms with E-state index in [1.165, 1.54) is 31.3 Å². The number of anilines is 1. The molecule has 2 aromatic rings. The summed E-state index contributed by atoms with van der Waals surface area (Å²) in [6.45, 7) is 0.304. The van der Waals surface area contributed by atoms with Crippen molar-refractivity contribution in [2.24, 2.45) is 5.92 Å². The predicted molar refractivity (Wildman–Crippen MR) is 98.4 cm³/mol. The zero-order chi connectivity index (χ0) is 20.4. The number of amides is 2. The first kappa shape index (κ1) is 19.6. The van der Waals surface area contributed by atoms with E-state index in [4.69, 9.17) is 9.47 Å². The molecule has 2 aromatic carbocycles. The second kappa shape index (κ2) is 7.84. The normalized spacial score (nSPS) is 18.9. The van der Waals surface area contributed by atoms with Crippen LogP contribution in [0.25, 0.3) is 0 Å². The van der Waals surface area contributed by atoms with Crippen LogP contribution in [0.2, 0.25) is 0 Å². The lowest BCUT2D eigenvalue weighted by Crippen LogP contribution is -2.33. The summed E-state index contributed by atoms with van der Waals surface area (Å²) < 4.78 is 37.8. The number of hydrogen-bond acceptors (Lipinski definition) is 4. The van der Waals surface area contributed by atoms with Crippen LogP contribution in [0.5, 0.6) is 11.5 Å². The minimum atomic E-state index is -1.17. The molecule has 2 atom stereocenters. The van der Waals surface area contributed by atoms with Gasteiger partial charge in [0.25, 0.3) is 0 Å². The van der Waals surface area contributed by atoms with Crippen LogP contribution >= 0.6 is 0 Å². The number of hydrogen-bond donors (Lipinski definition) is 1. The molecule has 28 heavy (non-hydrogen) atoms. The smallest absolute Gasteiger partial charge is 0.237 e. The highest BCUT2D eigenvalue weighted by molar-refractivity contribution is 6.08. The number of likely N-dealkylation sites (N-methyl/N-ethyl adjacent to an activating group) is 1. The second-order valence-corrected chi connectivity index (χ2v) is 6.51. The molecule has 3 rings (SSSR count). The Morgan fingerprint density at radius 3 is 2.54 bits per heavy atom. The van der Waals surface area contributed by atoms with Gasteiger partial charge in [-0.2, -0.15) is 0 Å². The Balaban J connectivity index is 1.92. The van der Waals surface area contributed by atoms with Gasteiger partial charge in [-0.05, 0) is 29.8 Å². The molecule has 0 spiro atoms. The van der Waals surface area contributed by atoms with Gasteiger partial charge in [0.1, 0.15) is 5.92 Å². The summed E-state index contributed by atoms with van der Waals surface area (Å²) in [5, 5.41) is 2.34. The van der Waals surface area contributed by atoms with Crippen molar-refractivity contribution < 1.29 is 27.8 Å². The fourth-order valence-corrected chi connectivity index (χ4v) is 3.39. The van der Waals surface area contributed by atoms with Gasteiger partial charge in [0.2, 0.25) is 11.8 Å². The molecular formula is C20H20F2N2O4. The molecule has 0 saturated carbocycles. The maximum absolute atomic E-state index is 13.9. The molecule has 1 aliphatic heterocycles. The standard InChI is InChI=1S/C20H20F2N2O4/c1-24-10-12(11-7-8-15(27-2)16(9-11)28-3)17(20(24)26)19(25)23-14-6-4-5-13(21)18(14)22/h4-9,12,17H,10H2,1-3H3,(H,23,25)/t12-,17+/m1/s1. The van der Waals surface area contributed by atoms with E-state index in [0.717, 1.165) is 6.07 Å². The van der Waals surface area contributed by atoms with Crippen molar-refractivity contribution in [1.82, 2.24) is 4.90 Å². The fraction of sp³-hybridized carbons (Fsp3) is 0.300. The fourth-order valence-electron chi connectivity index (χ4n) is 3.39. The van der Waals surface area contributed by atoms with E-state index >= 15 is 0 Å². The van der Waals surface area contributed by atoms with Crippen LogP contribution in [-0.2, 0) is 9.59 Å². The van der Waals surface area contributed by atoms with E-state index < -0.39 is 35.3 Å². The first-order chi connectivity index (χ1) is 13.4. The monoisotopic (exact) mass is 390 g/mol. The highest BCUT2D eigenvalue weighted by Gasteiger charge is 2.44. The molecule has 8 heteroatoms. The topological polar surface area (TPSA) is 67.9 Å². The number of benzene rings is 2. The molecule has 0 bridgehead atoms. The summed E-state index contributed by atoms with van der Waals surface area (Å²) in [4.78, 5) is 26.8. The number of nitrogens with one attached hydrogen (secondary N) is 1. The molecule has 1 N–H and O–H groups in total. The van der Waals surface area contributed by atoms with E-state index in [-0.39, 0.29) is 5.69 Å². The SMILES string of the molecule is COc1ccc([C@H]2CN(C)C(=O)[C@@H]2C(=O)Nc2cccc(F)c2F)cc1OC. The Bertz CT molecular complexity index is 919. The van der Waals surface area contributed by atoms with E-state index in [1.807, 2.05) is 0 Å². The molecule has 1 fully saturated rings. The molecule has 6 nitrogen and oxygen atoms in total. The zero-order valence-electron chi connectivity index (χ0n) is 15.7. The Hall–Kier alpha value is -3.16. The molecule has 1 heterocycles. The lowest BCUT2D eigenvalue weighted by molar-refractivity contribution is -0.135. The van der Waals surface area contributed by atoms with Crippen molar-refractivity contribution in [1.29, 1.82) is 0 Å². The molecule has 148 valence electrons. The van der Waals surface area contributed by atoms with Crippen LogP contribution in [-0.4, -0.2) is 44.5 Å². The molecule has 0 unspecified atom stereocenters. The Labute approximate surface area is 161 Å². The summed E-state index contributed by atoms with van der Waals surface area (Å²) in [6, 6.07) is 8.62. The Morgan fingerprint density at radius 2 is 1.86 bits per heavy atom. The molecule has 1 saturated heterocycles. The minimum Gasteiger partial charge on any atom is -0.493 e. The van der Waals surface area contributed by atoms with Gasteiger partial charge < -0.3 is 19.7 Å². The summed E-state index contributed by atoms with van der Waals surface area (Å²) >= 11 is 0.